The molecule has 0 N–H and O–H groups in total. The minimum absolute atomic E-state index is 0.353. The highest BCUT2D eigenvalue weighted by Crippen LogP contribution is 2.35. The summed E-state index contributed by atoms with van der Waals surface area (Å²) < 4.78 is 5.33. The van der Waals surface area contributed by atoms with E-state index >= 15 is 0 Å². The molecular weight excluding hydrogens is 160 g/mol. The molecule has 0 saturated heterocycles. The van der Waals surface area contributed by atoms with Gasteiger partial charge >= 0.3 is 0 Å². The lowest BCUT2D eigenvalue weighted by Crippen LogP contribution is -2.22. The third kappa shape index (κ3) is 1.55. The zero-order valence-electron chi connectivity index (χ0n) is 8.50. The maximum absolute atomic E-state index is 5.33. The molecule has 70 valence electrons. The van der Waals surface area contributed by atoms with Crippen molar-refractivity contribution in [3.63, 3.8) is 0 Å². The van der Waals surface area contributed by atoms with Crippen molar-refractivity contribution in [2.45, 2.75) is 27.2 Å². The number of fused-ring (bicyclic) bond motifs is 1. The molecular formula is C12H16O. The van der Waals surface area contributed by atoms with Gasteiger partial charge in [0.1, 0.15) is 5.76 Å². The Morgan fingerprint density at radius 3 is 2.85 bits per heavy atom. The summed E-state index contributed by atoms with van der Waals surface area (Å²) in [5.41, 5.74) is 1.70. The van der Waals surface area contributed by atoms with E-state index in [-0.39, 0.29) is 0 Å². The zero-order valence-corrected chi connectivity index (χ0v) is 8.50. The fraction of sp³-hybridized carbons (Fsp3) is 0.500. The molecule has 1 nitrogen and oxygen atoms in total. The molecule has 1 aromatic rings. The van der Waals surface area contributed by atoms with Crippen LogP contribution >= 0.6 is 0 Å². The first-order valence-electron chi connectivity index (χ1n) is 4.82. The molecule has 2 rings (SSSR count). The van der Waals surface area contributed by atoms with Crippen LogP contribution < -0.4 is 0 Å². The summed E-state index contributed by atoms with van der Waals surface area (Å²) in [5, 5.41) is 0. The Morgan fingerprint density at radius 2 is 2.15 bits per heavy atom. The minimum atomic E-state index is 0.353. The van der Waals surface area contributed by atoms with E-state index in [0.717, 1.165) is 12.2 Å². The fourth-order valence-electron chi connectivity index (χ4n) is 1.77. The quantitative estimate of drug-likeness (QED) is 0.589. The van der Waals surface area contributed by atoms with Crippen LogP contribution in [0.25, 0.3) is 6.08 Å². The topological polar surface area (TPSA) is 13.1 Å². The van der Waals surface area contributed by atoms with Crippen molar-refractivity contribution in [2.75, 3.05) is 0 Å². The van der Waals surface area contributed by atoms with E-state index < -0.39 is 0 Å². The largest absolute Gasteiger partial charge is 0.465 e. The van der Waals surface area contributed by atoms with Crippen molar-refractivity contribution < 1.29 is 4.42 Å². The van der Waals surface area contributed by atoms with Crippen LogP contribution in [0.4, 0.5) is 0 Å². The van der Waals surface area contributed by atoms with Crippen LogP contribution in [0.1, 0.15) is 32.1 Å². The standard InChI is InChI=1S/C12H16O/c1-12(2,3)10-4-5-11-9(8-10)6-7-13-11/h4-7,10H,8H2,1-3H3. The lowest BCUT2D eigenvalue weighted by Gasteiger charge is -2.29. The van der Waals surface area contributed by atoms with Crippen molar-refractivity contribution in [1.29, 1.82) is 0 Å². The third-order valence-corrected chi connectivity index (χ3v) is 2.81. The molecule has 1 heteroatoms. The Balaban J connectivity index is 2.26. The second-order valence-electron chi connectivity index (χ2n) is 4.85. The van der Waals surface area contributed by atoms with Gasteiger partial charge in [0.2, 0.25) is 0 Å². The fourth-order valence-corrected chi connectivity index (χ4v) is 1.77. The summed E-state index contributed by atoms with van der Waals surface area (Å²) in [6.07, 6.45) is 7.27. The van der Waals surface area contributed by atoms with E-state index in [2.05, 4.69) is 39.0 Å². The van der Waals surface area contributed by atoms with Gasteiger partial charge in [-0.1, -0.05) is 26.8 Å². The first kappa shape index (κ1) is 8.61. The summed E-state index contributed by atoms with van der Waals surface area (Å²) in [6.45, 7) is 6.85. The van der Waals surface area contributed by atoms with Crippen LogP contribution in [0, 0.1) is 11.3 Å². The lowest BCUT2D eigenvalue weighted by atomic mass is 9.75. The van der Waals surface area contributed by atoms with Crippen LogP contribution in [-0.2, 0) is 6.42 Å². The molecule has 0 saturated carbocycles. The second kappa shape index (κ2) is 2.76. The van der Waals surface area contributed by atoms with Gasteiger partial charge in [-0.25, -0.2) is 0 Å². The predicted octanol–water partition coefficient (Wildman–Crippen LogP) is 3.51. The van der Waals surface area contributed by atoms with E-state index in [1.165, 1.54) is 5.56 Å². The van der Waals surface area contributed by atoms with Gasteiger partial charge in [0.05, 0.1) is 6.26 Å². The molecule has 1 heterocycles. The number of furan rings is 1. The SMILES string of the molecule is CC(C)(C)C1C=Cc2occc2C1. The number of rotatable bonds is 0. The van der Waals surface area contributed by atoms with Crippen molar-refractivity contribution in [2.24, 2.45) is 11.3 Å². The average Bonchev–Trinajstić information content (AvgIpc) is 2.47. The molecule has 1 aliphatic rings. The Bertz CT molecular complexity index is 325. The molecule has 0 aromatic carbocycles. The van der Waals surface area contributed by atoms with Crippen LogP contribution in [0.3, 0.4) is 0 Å². The van der Waals surface area contributed by atoms with E-state index in [9.17, 15) is 0 Å². The zero-order chi connectivity index (χ0) is 9.47. The molecule has 0 bridgehead atoms. The minimum Gasteiger partial charge on any atom is -0.465 e. The summed E-state index contributed by atoms with van der Waals surface area (Å²) >= 11 is 0. The molecule has 13 heavy (non-hydrogen) atoms. The van der Waals surface area contributed by atoms with E-state index in [0.29, 0.717) is 11.3 Å². The van der Waals surface area contributed by atoms with Crippen molar-refractivity contribution in [3.05, 3.63) is 29.7 Å². The Hall–Kier alpha value is -0.980. The molecule has 1 unspecified atom stereocenters. The number of hydrogen-bond acceptors (Lipinski definition) is 1. The molecule has 1 atom stereocenters. The van der Waals surface area contributed by atoms with Crippen molar-refractivity contribution >= 4 is 6.08 Å². The van der Waals surface area contributed by atoms with Gasteiger partial charge in [-0.3, -0.25) is 0 Å². The van der Waals surface area contributed by atoms with Gasteiger partial charge < -0.3 is 4.42 Å². The van der Waals surface area contributed by atoms with Crippen molar-refractivity contribution in [1.82, 2.24) is 0 Å². The van der Waals surface area contributed by atoms with Crippen LogP contribution in [0.5, 0.6) is 0 Å². The molecule has 1 aromatic heterocycles. The molecule has 0 aliphatic heterocycles. The predicted molar refractivity (Wildman–Crippen MR) is 54.4 cm³/mol. The Morgan fingerprint density at radius 1 is 1.38 bits per heavy atom. The highest BCUT2D eigenvalue weighted by atomic mass is 16.3. The van der Waals surface area contributed by atoms with Gasteiger partial charge in [0, 0.05) is 0 Å². The van der Waals surface area contributed by atoms with Crippen LogP contribution in [0.2, 0.25) is 0 Å². The van der Waals surface area contributed by atoms with E-state index in [4.69, 9.17) is 4.42 Å². The first-order chi connectivity index (χ1) is 6.07. The second-order valence-corrected chi connectivity index (χ2v) is 4.85. The van der Waals surface area contributed by atoms with Crippen LogP contribution in [-0.4, -0.2) is 0 Å². The van der Waals surface area contributed by atoms with Gasteiger partial charge in [-0.2, -0.15) is 0 Å². The Kier molecular flexibility index (Phi) is 1.83. The maximum atomic E-state index is 5.33. The van der Waals surface area contributed by atoms with E-state index in [1.807, 2.05) is 0 Å². The number of hydrogen-bond donors (Lipinski definition) is 0. The highest BCUT2D eigenvalue weighted by molar-refractivity contribution is 5.51. The molecule has 0 fully saturated rings. The smallest absolute Gasteiger partial charge is 0.129 e. The number of allylic oxidation sites excluding steroid dienone is 1. The highest BCUT2D eigenvalue weighted by Gasteiger charge is 2.26. The average molecular weight is 176 g/mol. The van der Waals surface area contributed by atoms with Gasteiger partial charge in [-0.15, -0.1) is 0 Å². The third-order valence-electron chi connectivity index (χ3n) is 2.81. The van der Waals surface area contributed by atoms with E-state index in [1.54, 1.807) is 6.26 Å². The summed E-state index contributed by atoms with van der Waals surface area (Å²) in [6, 6.07) is 2.08. The maximum Gasteiger partial charge on any atom is 0.129 e. The monoisotopic (exact) mass is 176 g/mol. The lowest BCUT2D eigenvalue weighted by molar-refractivity contribution is 0.289. The van der Waals surface area contributed by atoms with Crippen molar-refractivity contribution in [3.8, 4) is 0 Å². The van der Waals surface area contributed by atoms with Gasteiger partial charge in [0.15, 0.2) is 0 Å². The normalized spacial score (nSPS) is 21.6. The molecule has 0 amide bonds. The molecule has 0 spiro atoms. The van der Waals surface area contributed by atoms with Gasteiger partial charge in [0.25, 0.3) is 0 Å². The molecule has 1 aliphatic carbocycles. The molecule has 0 radical (unpaired) electrons. The van der Waals surface area contributed by atoms with Gasteiger partial charge in [-0.05, 0) is 35.5 Å². The first-order valence-corrected chi connectivity index (χ1v) is 4.82. The summed E-state index contributed by atoms with van der Waals surface area (Å²) in [4.78, 5) is 0. The summed E-state index contributed by atoms with van der Waals surface area (Å²) in [7, 11) is 0. The Labute approximate surface area is 79.4 Å². The van der Waals surface area contributed by atoms with Crippen LogP contribution in [0.15, 0.2) is 22.8 Å². The summed E-state index contributed by atoms with van der Waals surface area (Å²) in [5.74, 6) is 1.68.